The Hall–Kier alpha value is -1.14. The summed E-state index contributed by atoms with van der Waals surface area (Å²) in [6.07, 6.45) is 3.62. The van der Waals surface area contributed by atoms with Gasteiger partial charge in [0.05, 0.1) is 0 Å². The highest BCUT2D eigenvalue weighted by atomic mass is 16.6. The Morgan fingerprint density at radius 2 is 1.85 bits per heavy atom. The molecule has 1 aliphatic heterocycles. The zero-order valence-corrected chi connectivity index (χ0v) is 8.89. The summed E-state index contributed by atoms with van der Waals surface area (Å²) < 4.78 is 10.6. The first-order chi connectivity index (χ1) is 6.34. The second-order valence-electron chi connectivity index (χ2n) is 2.22. The molecule has 0 aromatic carbocycles. The third-order valence-corrected chi connectivity index (χ3v) is 1.39. The molecular formula is C11H18O2. The van der Waals surface area contributed by atoms with Crippen LogP contribution in [-0.2, 0) is 9.47 Å². The molecule has 0 unspecified atom stereocenters. The van der Waals surface area contributed by atoms with Crippen LogP contribution in [0.25, 0.3) is 0 Å². The highest BCUT2D eigenvalue weighted by Gasteiger charge is 2.06. The normalized spacial score (nSPS) is 14.2. The van der Waals surface area contributed by atoms with Gasteiger partial charge in [0.1, 0.15) is 19.0 Å². The minimum Gasteiger partial charge on any atom is -0.491 e. The van der Waals surface area contributed by atoms with Crippen LogP contribution < -0.4 is 0 Å². The average Bonchev–Trinajstić information content (AvgIpc) is 2.20. The van der Waals surface area contributed by atoms with Crippen molar-refractivity contribution in [1.29, 1.82) is 0 Å². The molecule has 0 saturated carbocycles. The van der Waals surface area contributed by atoms with Gasteiger partial charge in [0, 0.05) is 6.08 Å². The molecule has 2 heteroatoms. The van der Waals surface area contributed by atoms with Gasteiger partial charge in [-0.05, 0) is 19.9 Å². The molecule has 0 spiro atoms. The van der Waals surface area contributed by atoms with Gasteiger partial charge in [0.2, 0.25) is 0 Å². The third kappa shape index (κ3) is 4.44. The number of allylic oxidation sites excluding steroid dienone is 2. The van der Waals surface area contributed by atoms with E-state index < -0.39 is 0 Å². The van der Waals surface area contributed by atoms with Crippen molar-refractivity contribution in [2.24, 2.45) is 0 Å². The van der Waals surface area contributed by atoms with Gasteiger partial charge in [-0.15, -0.1) is 5.73 Å². The molecule has 0 fully saturated rings. The fourth-order valence-corrected chi connectivity index (χ4v) is 0.821. The van der Waals surface area contributed by atoms with Gasteiger partial charge in [-0.25, -0.2) is 0 Å². The first-order valence-electron chi connectivity index (χ1n) is 4.68. The van der Waals surface area contributed by atoms with Gasteiger partial charge in [-0.1, -0.05) is 13.8 Å². The number of hydrogen-bond acceptors (Lipinski definition) is 2. The lowest BCUT2D eigenvalue weighted by atomic mass is 10.4. The largest absolute Gasteiger partial charge is 0.491 e. The fraction of sp³-hybridized carbons (Fsp3) is 0.545. The summed E-state index contributed by atoms with van der Waals surface area (Å²) in [5.74, 6) is 1.62. The summed E-state index contributed by atoms with van der Waals surface area (Å²) in [5.41, 5.74) is 2.94. The Labute approximate surface area is 80.5 Å². The first kappa shape index (κ1) is 11.9. The summed E-state index contributed by atoms with van der Waals surface area (Å²) in [5, 5.41) is 0. The molecular weight excluding hydrogens is 164 g/mol. The fourth-order valence-electron chi connectivity index (χ4n) is 0.821. The highest BCUT2D eigenvalue weighted by Crippen LogP contribution is 2.12. The maximum atomic E-state index is 5.31. The van der Waals surface area contributed by atoms with Gasteiger partial charge in [-0.3, -0.25) is 0 Å². The number of ether oxygens (including phenoxy) is 2. The molecule has 0 aromatic heterocycles. The van der Waals surface area contributed by atoms with Crippen LogP contribution in [0.2, 0.25) is 0 Å². The van der Waals surface area contributed by atoms with Crippen LogP contribution >= 0.6 is 0 Å². The zero-order chi connectivity index (χ0) is 10.1. The predicted octanol–water partition coefficient (Wildman–Crippen LogP) is 3.02. The van der Waals surface area contributed by atoms with Gasteiger partial charge < -0.3 is 9.47 Å². The maximum absolute atomic E-state index is 5.31. The number of hydrogen-bond donors (Lipinski definition) is 0. The van der Waals surface area contributed by atoms with Gasteiger partial charge in [-0.2, -0.15) is 0 Å². The molecule has 0 amide bonds. The van der Waals surface area contributed by atoms with E-state index >= 15 is 0 Å². The smallest absolute Gasteiger partial charge is 0.164 e. The molecule has 0 aliphatic carbocycles. The van der Waals surface area contributed by atoms with Gasteiger partial charge >= 0.3 is 0 Å². The monoisotopic (exact) mass is 182 g/mol. The summed E-state index contributed by atoms with van der Waals surface area (Å²) in [6, 6.07) is 0. The van der Waals surface area contributed by atoms with Crippen molar-refractivity contribution in [2.75, 3.05) is 13.2 Å². The molecule has 0 saturated heterocycles. The standard InChI is InChI=1S/C9H12O2.C2H6/c1-3-4-5-9-8(2)10-6-7-11-9;1-2/h3,5H,6-7H2,1-2H3;1-2H3. The van der Waals surface area contributed by atoms with Crippen molar-refractivity contribution in [3.8, 4) is 0 Å². The van der Waals surface area contributed by atoms with Crippen LogP contribution in [0.15, 0.2) is 29.4 Å². The average molecular weight is 182 g/mol. The summed E-state index contributed by atoms with van der Waals surface area (Å²) >= 11 is 0. The quantitative estimate of drug-likeness (QED) is 0.580. The van der Waals surface area contributed by atoms with Crippen molar-refractivity contribution in [2.45, 2.75) is 27.7 Å². The second kappa shape index (κ2) is 7.51. The predicted molar refractivity (Wildman–Crippen MR) is 54.3 cm³/mol. The van der Waals surface area contributed by atoms with Crippen molar-refractivity contribution in [3.05, 3.63) is 29.4 Å². The Morgan fingerprint density at radius 1 is 1.23 bits per heavy atom. The molecule has 0 atom stereocenters. The molecule has 1 aliphatic rings. The second-order valence-corrected chi connectivity index (χ2v) is 2.22. The van der Waals surface area contributed by atoms with Crippen molar-refractivity contribution in [1.82, 2.24) is 0 Å². The minimum absolute atomic E-state index is 0.633. The van der Waals surface area contributed by atoms with Gasteiger partial charge in [0.15, 0.2) is 5.76 Å². The van der Waals surface area contributed by atoms with E-state index in [2.05, 4.69) is 5.73 Å². The maximum Gasteiger partial charge on any atom is 0.164 e. The SMILES string of the molecule is CC.CC=C=CC1=C(C)OCCO1. The van der Waals surface area contributed by atoms with Gasteiger partial charge in [0.25, 0.3) is 0 Å². The van der Waals surface area contributed by atoms with E-state index in [1.807, 2.05) is 33.8 Å². The van der Waals surface area contributed by atoms with Crippen LogP contribution in [-0.4, -0.2) is 13.2 Å². The Morgan fingerprint density at radius 3 is 2.38 bits per heavy atom. The zero-order valence-electron chi connectivity index (χ0n) is 8.89. The molecule has 0 bridgehead atoms. The van der Waals surface area contributed by atoms with Crippen molar-refractivity contribution < 1.29 is 9.47 Å². The molecule has 1 rings (SSSR count). The lowest BCUT2D eigenvalue weighted by Gasteiger charge is -2.16. The molecule has 1 heterocycles. The molecule has 2 nitrogen and oxygen atoms in total. The summed E-state index contributed by atoms with van der Waals surface area (Å²) in [7, 11) is 0. The number of rotatable bonds is 1. The van der Waals surface area contributed by atoms with E-state index in [-0.39, 0.29) is 0 Å². The molecule has 0 radical (unpaired) electrons. The summed E-state index contributed by atoms with van der Waals surface area (Å²) in [4.78, 5) is 0. The van der Waals surface area contributed by atoms with E-state index in [1.54, 1.807) is 6.08 Å². The topological polar surface area (TPSA) is 18.5 Å². The first-order valence-corrected chi connectivity index (χ1v) is 4.68. The van der Waals surface area contributed by atoms with E-state index in [9.17, 15) is 0 Å². The highest BCUT2D eigenvalue weighted by molar-refractivity contribution is 5.15. The Kier molecular flexibility index (Phi) is 6.85. The van der Waals surface area contributed by atoms with Crippen LogP contribution in [0.4, 0.5) is 0 Å². The van der Waals surface area contributed by atoms with Crippen LogP contribution in [0.5, 0.6) is 0 Å². The van der Waals surface area contributed by atoms with Crippen LogP contribution in [0, 0.1) is 0 Å². The summed E-state index contributed by atoms with van der Waals surface area (Å²) in [6.45, 7) is 9.09. The Bertz CT molecular complexity index is 220. The van der Waals surface area contributed by atoms with Crippen molar-refractivity contribution >= 4 is 0 Å². The van der Waals surface area contributed by atoms with E-state index in [0.717, 1.165) is 11.5 Å². The Balaban J connectivity index is 0.000000671. The van der Waals surface area contributed by atoms with Crippen LogP contribution in [0.3, 0.4) is 0 Å². The van der Waals surface area contributed by atoms with E-state index in [1.165, 1.54) is 0 Å². The molecule has 0 aromatic rings. The lowest BCUT2D eigenvalue weighted by molar-refractivity contribution is 0.0708. The molecule has 74 valence electrons. The van der Waals surface area contributed by atoms with Crippen molar-refractivity contribution in [3.63, 3.8) is 0 Å². The van der Waals surface area contributed by atoms with E-state index in [4.69, 9.17) is 9.47 Å². The molecule has 0 N–H and O–H groups in total. The molecule has 13 heavy (non-hydrogen) atoms. The lowest BCUT2D eigenvalue weighted by Crippen LogP contribution is -2.10. The third-order valence-electron chi connectivity index (χ3n) is 1.39. The minimum atomic E-state index is 0.633. The van der Waals surface area contributed by atoms with Crippen LogP contribution in [0.1, 0.15) is 27.7 Å². The van der Waals surface area contributed by atoms with E-state index in [0.29, 0.717) is 13.2 Å².